The van der Waals surface area contributed by atoms with Crippen LogP contribution in [0.4, 0.5) is 0 Å². The Morgan fingerprint density at radius 2 is 1.33 bits per heavy atom. The van der Waals surface area contributed by atoms with Gasteiger partial charge in [0.2, 0.25) is 0 Å². The molecule has 1 aliphatic rings. The molecule has 0 aliphatic heterocycles. The fourth-order valence-corrected chi connectivity index (χ4v) is 2.63. The van der Waals surface area contributed by atoms with Crippen LogP contribution in [0.15, 0.2) is 0 Å². The molecule has 5 atom stereocenters. The maximum Gasteiger partial charge on any atom is 0.146 e. The molecular weight excluding hydrogens is 278 g/mol. The van der Waals surface area contributed by atoms with Crippen molar-refractivity contribution in [1.29, 1.82) is 5.26 Å². The molecule has 1 fully saturated rings. The van der Waals surface area contributed by atoms with Gasteiger partial charge in [0.25, 0.3) is 0 Å². The molecule has 7 nitrogen and oxygen atoms in total. The minimum absolute atomic E-state index is 0.0983. The van der Waals surface area contributed by atoms with Gasteiger partial charge in [-0.15, -0.1) is 0 Å². The number of rotatable bonds is 9. The summed E-state index contributed by atoms with van der Waals surface area (Å²) in [4.78, 5) is 0. The molecule has 0 bridgehead atoms. The van der Waals surface area contributed by atoms with Crippen LogP contribution in [0.1, 0.15) is 13.3 Å². The van der Waals surface area contributed by atoms with E-state index in [2.05, 4.69) is 6.07 Å². The minimum atomic E-state index is -0.428. The lowest BCUT2D eigenvalue weighted by Crippen LogP contribution is -2.54. The van der Waals surface area contributed by atoms with Gasteiger partial charge in [-0.1, -0.05) is 6.92 Å². The second-order valence-corrected chi connectivity index (χ2v) is 5.06. The van der Waals surface area contributed by atoms with Crippen molar-refractivity contribution in [3.8, 4) is 6.07 Å². The monoisotopic (exact) mass is 303 g/mol. The lowest BCUT2D eigenvalue weighted by molar-refractivity contribution is -0.239. The van der Waals surface area contributed by atoms with Gasteiger partial charge in [0.15, 0.2) is 0 Å². The molecule has 7 heteroatoms. The van der Waals surface area contributed by atoms with E-state index < -0.39 is 12.2 Å². The summed E-state index contributed by atoms with van der Waals surface area (Å²) in [7, 11) is 4.65. The lowest BCUT2D eigenvalue weighted by atomic mass is 9.77. The van der Waals surface area contributed by atoms with E-state index in [1.807, 2.05) is 6.92 Å². The first-order valence-corrected chi connectivity index (χ1v) is 6.90. The van der Waals surface area contributed by atoms with E-state index >= 15 is 0 Å². The summed E-state index contributed by atoms with van der Waals surface area (Å²) in [5.41, 5.74) is 0. The van der Waals surface area contributed by atoms with Gasteiger partial charge in [0.1, 0.15) is 32.6 Å². The fourth-order valence-electron chi connectivity index (χ4n) is 2.63. The van der Waals surface area contributed by atoms with Crippen molar-refractivity contribution in [2.24, 2.45) is 11.8 Å². The van der Waals surface area contributed by atoms with Gasteiger partial charge in [0.05, 0.1) is 18.1 Å². The molecule has 1 saturated carbocycles. The molecule has 0 spiro atoms. The molecule has 0 aromatic heterocycles. The van der Waals surface area contributed by atoms with E-state index in [1.54, 1.807) is 14.2 Å². The van der Waals surface area contributed by atoms with Gasteiger partial charge in [-0.25, -0.2) is 0 Å². The molecule has 0 aromatic carbocycles. The average Bonchev–Trinajstić information content (AvgIpc) is 2.50. The predicted molar refractivity (Wildman–Crippen MR) is 73.1 cm³/mol. The van der Waals surface area contributed by atoms with Crippen LogP contribution >= 0.6 is 0 Å². The number of nitrogens with zero attached hydrogens (tertiary/aromatic N) is 1. The van der Waals surface area contributed by atoms with Crippen LogP contribution in [0, 0.1) is 23.2 Å². The maximum absolute atomic E-state index is 9.36. The zero-order valence-corrected chi connectivity index (χ0v) is 13.1. The van der Waals surface area contributed by atoms with E-state index in [9.17, 15) is 5.26 Å². The number of ether oxygens (including phenoxy) is 6. The van der Waals surface area contributed by atoms with Crippen LogP contribution in [0.5, 0.6) is 0 Å². The van der Waals surface area contributed by atoms with Crippen LogP contribution in [-0.2, 0) is 28.4 Å². The first-order valence-electron chi connectivity index (χ1n) is 6.90. The second kappa shape index (κ2) is 10.1. The SMILES string of the molecule is COCO[C@@H]1[C@H](OCOC)[C@H](C)C[C@@H](C#N)[C@H]1OCOC. The summed E-state index contributed by atoms with van der Waals surface area (Å²) in [6, 6.07) is 2.29. The molecular formula is C14H25NO6. The highest BCUT2D eigenvalue weighted by Crippen LogP contribution is 2.35. The largest absolute Gasteiger partial charge is 0.359 e. The molecule has 0 N–H and O–H groups in total. The molecule has 0 heterocycles. The summed E-state index contributed by atoms with van der Waals surface area (Å²) < 4.78 is 32.0. The topological polar surface area (TPSA) is 79.2 Å². The van der Waals surface area contributed by atoms with Crippen molar-refractivity contribution >= 4 is 0 Å². The van der Waals surface area contributed by atoms with E-state index in [1.165, 1.54) is 7.11 Å². The standard InChI is InChI=1S/C14H25NO6/c1-10-5-11(6-15)13(20-8-17-3)14(21-9-18-4)12(10)19-7-16-2/h10-14H,5,7-9H2,1-4H3/t10-,11+,12-,13-,14-/m1/s1. The van der Waals surface area contributed by atoms with Crippen LogP contribution in [0.2, 0.25) is 0 Å². The van der Waals surface area contributed by atoms with Crippen molar-refractivity contribution in [2.75, 3.05) is 41.7 Å². The van der Waals surface area contributed by atoms with Crippen LogP contribution in [0.25, 0.3) is 0 Å². The first kappa shape index (κ1) is 18.3. The molecule has 21 heavy (non-hydrogen) atoms. The summed E-state index contributed by atoms with van der Waals surface area (Å²) in [5, 5.41) is 9.36. The Labute approximate surface area is 126 Å². The van der Waals surface area contributed by atoms with Crippen LogP contribution in [-0.4, -0.2) is 60.0 Å². The van der Waals surface area contributed by atoms with Gasteiger partial charge >= 0.3 is 0 Å². The second-order valence-electron chi connectivity index (χ2n) is 5.06. The third kappa shape index (κ3) is 5.18. The van der Waals surface area contributed by atoms with Crippen molar-refractivity contribution in [2.45, 2.75) is 31.7 Å². The Hall–Kier alpha value is -0.750. The normalized spacial score (nSPS) is 32.8. The Kier molecular flexibility index (Phi) is 8.76. The highest BCUT2D eigenvalue weighted by atomic mass is 16.7. The van der Waals surface area contributed by atoms with Gasteiger partial charge in [-0.05, 0) is 12.3 Å². The molecule has 0 radical (unpaired) electrons. The molecule has 122 valence electrons. The van der Waals surface area contributed by atoms with Crippen molar-refractivity contribution in [3.63, 3.8) is 0 Å². The zero-order valence-electron chi connectivity index (χ0n) is 13.1. The summed E-state index contributed by atoms with van der Waals surface area (Å²) >= 11 is 0. The Balaban J connectivity index is 2.86. The van der Waals surface area contributed by atoms with Gasteiger partial charge in [0, 0.05) is 21.3 Å². The number of methoxy groups -OCH3 is 3. The van der Waals surface area contributed by atoms with E-state index in [4.69, 9.17) is 28.4 Å². The van der Waals surface area contributed by atoms with E-state index in [-0.39, 0.29) is 38.3 Å². The summed E-state index contributed by atoms with van der Waals surface area (Å²) in [6.07, 6.45) is -0.398. The Morgan fingerprint density at radius 1 is 0.857 bits per heavy atom. The van der Waals surface area contributed by atoms with Gasteiger partial charge in [-0.2, -0.15) is 5.26 Å². The lowest BCUT2D eigenvalue weighted by Gasteiger charge is -2.42. The first-order chi connectivity index (χ1) is 10.2. The summed E-state index contributed by atoms with van der Waals surface area (Å²) in [5.74, 6) is -0.131. The smallest absolute Gasteiger partial charge is 0.146 e. The Morgan fingerprint density at radius 3 is 1.81 bits per heavy atom. The van der Waals surface area contributed by atoms with Crippen molar-refractivity contribution < 1.29 is 28.4 Å². The summed E-state index contributed by atoms with van der Waals surface area (Å²) in [6.45, 7) is 2.40. The number of nitriles is 1. The quantitative estimate of drug-likeness (QED) is 0.591. The van der Waals surface area contributed by atoms with Crippen molar-refractivity contribution in [3.05, 3.63) is 0 Å². The highest BCUT2D eigenvalue weighted by molar-refractivity contribution is 5.02. The van der Waals surface area contributed by atoms with E-state index in [0.29, 0.717) is 6.42 Å². The minimum Gasteiger partial charge on any atom is -0.359 e. The third-order valence-corrected chi connectivity index (χ3v) is 3.53. The molecule has 0 unspecified atom stereocenters. The maximum atomic E-state index is 9.36. The van der Waals surface area contributed by atoms with Crippen molar-refractivity contribution in [1.82, 2.24) is 0 Å². The molecule has 0 saturated heterocycles. The number of hydrogen-bond donors (Lipinski definition) is 0. The predicted octanol–water partition coefficient (Wildman–Crippen LogP) is 1.13. The molecule has 1 rings (SSSR count). The molecule has 1 aliphatic carbocycles. The van der Waals surface area contributed by atoms with Crippen LogP contribution in [0.3, 0.4) is 0 Å². The zero-order chi connectivity index (χ0) is 15.7. The number of hydrogen-bond acceptors (Lipinski definition) is 7. The van der Waals surface area contributed by atoms with Gasteiger partial charge < -0.3 is 28.4 Å². The average molecular weight is 303 g/mol. The highest BCUT2D eigenvalue weighted by Gasteiger charge is 2.45. The Bertz CT molecular complexity index is 321. The fraction of sp³-hybridized carbons (Fsp3) is 0.929. The molecule has 0 aromatic rings. The van der Waals surface area contributed by atoms with Gasteiger partial charge in [-0.3, -0.25) is 0 Å². The van der Waals surface area contributed by atoms with Crippen LogP contribution < -0.4 is 0 Å². The third-order valence-electron chi connectivity index (χ3n) is 3.53. The van der Waals surface area contributed by atoms with E-state index in [0.717, 1.165) is 0 Å². The molecule has 0 amide bonds.